The highest BCUT2D eigenvalue weighted by Crippen LogP contribution is 2.26. The molecule has 0 aromatic rings. The average Bonchev–Trinajstić information content (AvgIpc) is 2.74. The van der Waals surface area contributed by atoms with Crippen molar-refractivity contribution in [3.8, 4) is 0 Å². The van der Waals surface area contributed by atoms with E-state index >= 15 is 0 Å². The Morgan fingerprint density at radius 1 is 1.06 bits per heavy atom. The molecule has 0 aromatic carbocycles. The largest absolute Gasteiger partial charge is 0.337 e. The summed E-state index contributed by atoms with van der Waals surface area (Å²) >= 11 is 0. The van der Waals surface area contributed by atoms with Crippen LogP contribution in [0.2, 0.25) is 0 Å². The van der Waals surface area contributed by atoms with Crippen molar-refractivity contribution in [3.63, 3.8) is 0 Å². The van der Waals surface area contributed by atoms with Gasteiger partial charge in [-0.15, -0.1) is 0 Å². The molecule has 0 aromatic heterocycles. The molecule has 2 aliphatic heterocycles. The number of hydrazine groups is 1. The van der Waals surface area contributed by atoms with Gasteiger partial charge in [0.1, 0.15) is 0 Å². The summed E-state index contributed by atoms with van der Waals surface area (Å²) in [7, 11) is 0. The Kier molecular flexibility index (Phi) is 2.51. The van der Waals surface area contributed by atoms with E-state index in [0.717, 1.165) is 12.8 Å². The van der Waals surface area contributed by atoms with E-state index in [0.29, 0.717) is 6.04 Å². The van der Waals surface area contributed by atoms with Gasteiger partial charge in [0.15, 0.2) is 6.17 Å². The summed E-state index contributed by atoms with van der Waals surface area (Å²) < 4.78 is 0. The maximum Gasteiger partial charge on any atom is 0.337 e. The van der Waals surface area contributed by atoms with Gasteiger partial charge in [-0.3, -0.25) is 15.1 Å². The molecule has 0 spiro atoms. The second kappa shape index (κ2) is 4.03. The first-order valence-corrected chi connectivity index (χ1v) is 6.12. The van der Waals surface area contributed by atoms with Crippen molar-refractivity contribution in [1.82, 2.24) is 20.7 Å². The van der Waals surface area contributed by atoms with Gasteiger partial charge in [-0.05, 0) is 12.8 Å². The van der Waals surface area contributed by atoms with Gasteiger partial charge in [-0.2, -0.15) is 0 Å². The van der Waals surface area contributed by atoms with E-state index in [-0.39, 0.29) is 11.9 Å². The maximum atomic E-state index is 12.2. The molecule has 0 radical (unpaired) electrons. The van der Waals surface area contributed by atoms with Gasteiger partial charge in [0.25, 0.3) is 5.91 Å². The molecule has 92 valence electrons. The Balaban J connectivity index is 1.79. The molecule has 2 N–H and O–H groups in total. The molecule has 3 rings (SSSR count). The minimum absolute atomic E-state index is 0.0437. The van der Waals surface area contributed by atoms with Crippen molar-refractivity contribution in [2.75, 3.05) is 0 Å². The van der Waals surface area contributed by atoms with E-state index in [1.807, 2.05) is 0 Å². The van der Waals surface area contributed by atoms with E-state index in [2.05, 4.69) is 10.9 Å². The summed E-state index contributed by atoms with van der Waals surface area (Å²) in [5, 5.41) is 0. The summed E-state index contributed by atoms with van der Waals surface area (Å²) in [6.45, 7) is 0. The van der Waals surface area contributed by atoms with E-state index < -0.39 is 6.17 Å². The van der Waals surface area contributed by atoms with Crippen LogP contribution in [0.1, 0.15) is 32.1 Å². The second-order valence-electron chi connectivity index (χ2n) is 4.72. The third-order valence-electron chi connectivity index (χ3n) is 3.67. The van der Waals surface area contributed by atoms with Gasteiger partial charge < -0.3 is 4.90 Å². The Bertz CT molecular complexity index is 376. The smallest absolute Gasteiger partial charge is 0.312 e. The van der Waals surface area contributed by atoms with Crippen LogP contribution in [0.15, 0.2) is 12.4 Å². The van der Waals surface area contributed by atoms with Crippen molar-refractivity contribution in [2.24, 2.45) is 0 Å². The first-order chi connectivity index (χ1) is 8.27. The summed E-state index contributed by atoms with van der Waals surface area (Å²) in [4.78, 5) is 26.8. The molecular formula is C11H16N4O2. The lowest BCUT2D eigenvalue weighted by Gasteiger charge is -2.37. The lowest BCUT2D eigenvalue weighted by Crippen LogP contribution is -2.54. The number of rotatable bonds is 1. The molecule has 17 heavy (non-hydrogen) atoms. The van der Waals surface area contributed by atoms with Gasteiger partial charge in [-0.25, -0.2) is 10.2 Å². The average molecular weight is 236 g/mol. The normalized spacial score (nSPS) is 29.5. The monoisotopic (exact) mass is 236 g/mol. The molecule has 1 atom stereocenters. The number of carbonyl (C=O) groups is 2. The third-order valence-corrected chi connectivity index (χ3v) is 3.67. The number of nitrogens with zero attached hydrogens (tertiary/aromatic N) is 2. The van der Waals surface area contributed by atoms with Crippen LogP contribution in [0.5, 0.6) is 0 Å². The van der Waals surface area contributed by atoms with Gasteiger partial charge in [0.05, 0.1) is 0 Å². The molecule has 6 heteroatoms. The minimum Gasteiger partial charge on any atom is -0.312 e. The van der Waals surface area contributed by atoms with E-state index in [9.17, 15) is 9.59 Å². The molecule has 1 unspecified atom stereocenters. The van der Waals surface area contributed by atoms with Crippen molar-refractivity contribution >= 4 is 11.9 Å². The molecule has 1 saturated carbocycles. The number of urea groups is 1. The predicted octanol–water partition coefficient (Wildman–Crippen LogP) is 0.488. The quantitative estimate of drug-likeness (QED) is 0.696. The molecule has 2 fully saturated rings. The van der Waals surface area contributed by atoms with Gasteiger partial charge in [0, 0.05) is 18.4 Å². The molecular weight excluding hydrogens is 220 g/mol. The zero-order valence-electron chi connectivity index (χ0n) is 9.56. The molecule has 1 aliphatic carbocycles. The number of hydrogen-bond donors (Lipinski definition) is 2. The Morgan fingerprint density at radius 3 is 2.53 bits per heavy atom. The van der Waals surface area contributed by atoms with E-state index in [1.54, 1.807) is 17.3 Å². The lowest BCUT2D eigenvalue weighted by atomic mass is 9.94. The van der Waals surface area contributed by atoms with E-state index in [1.165, 1.54) is 24.2 Å². The third kappa shape index (κ3) is 1.68. The highest BCUT2D eigenvalue weighted by atomic mass is 16.2. The summed E-state index contributed by atoms with van der Waals surface area (Å²) in [6.07, 6.45) is 8.58. The zero-order chi connectivity index (χ0) is 11.8. The van der Waals surface area contributed by atoms with Crippen LogP contribution >= 0.6 is 0 Å². The van der Waals surface area contributed by atoms with Crippen molar-refractivity contribution in [2.45, 2.75) is 44.3 Å². The van der Waals surface area contributed by atoms with Crippen LogP contribution in [0.25, 0.3) is 0 Å². The Labute approximate surface area is 99.6 Å². The van der Waals surface area contributed by atoms with Crippen molar-refractivity contribution < 1.29 is 9.59 Å². The van der Waals surface area contributed by atoms with Gasteiger partial charge in [0.2, 0.25) is 0 Å². The molecule has 3 aliphatic rings. The lowest BCUT2D eigenvalue weighted by molar-refractivity contribution is -0.136. The maximum absolute atomic E-state index is 12.2. The van der Waals surface area contributed by atoms with Crippen molar-refractivity contribution in [1.29, 1.82) is 0 Å². The topological polar surface area (TPSA) is 64.7 Å². The van der Waals surface area contributed by atoms with Gasteiger partial charge in [-0.1, -0.05) is 19.3 Å². The van der Waals surface area contributed by atoms with Crippen LogP contribution in [0, 0.1) is 0 Å². The number of amides is 3. The van der Waals surface area contributed by atoms with Crippen LogP contribution in [0.4, 0.5) is 4.79 Å². The van der Waals surface area contributed by atoms with Gasteiger partial charge >= 0.3 is 6.03 Å². The summed E-state index contributed by atoms with van der Waals surface area (Å²) in [5.41, 5.74) is 5.16. The molecule has 6 nitrogen and oxygen atoms in total. The molecule has 0 bridgehead atoms. The fraction of sp³-hybridized carbons (Fsp3) is 0.636. The standard InChI is InChI=1S/C11H16N4O2/c16-10-9-12-13-11(17)15(9)7-6-14(10)8-4-2-1-3-5-8/h6-9,12H,1-5H2,(H,13,17). The molecule has 2 heterocycles. The molecule has 3 amide bonds. The highest BCUT2D eigenvalue weighted by Gasteiger charge is 2.41. The minimum atomic E-state index is -0.575. The first-order valence-electron chi connectivity index (χ1n) is 6.12. The number of nitrogens with one attached hydrogen (secondary N) is 2. The summed E-state index contributed by atoms with van der Waals surface area (Å²) in [6, 6.07) is 0.0232. The predicted molar refractivity (Wildman–Crippen MR) is 60.2 cm³/mol. The first kappa shape index (κ1) is 10.6. The van der Waals surface area contributed by atoms with Crippen LogP contribution in [-0.2, 0) is 4.79 Å². The number of carbonyl (C=O) groups excluding carboxylic acids is 2. The number of fused-ring (bicyclic) bond motifs is 1. The highest BCUT2D eigenvalue weighted by molar-refractivity contribution is 5.91. The Morgan fingerprint density at radius 2 is 1.76 bits per heavy atom. The second-order valence-corrected chi connectivity index (χ2v) is 4.72. The fourth-order valence-electron chi connectivity index (χ4n) is 2.74. The molecule has 1 saturated heterocycles. The Hall–Kier alpha value is -1.56. The van der Waals surface area contributed by atoms with E-state index in [4.69, 9.17) is 0 Å². The van der Waals surface area contributed by atoms with Crippen LogP contribution in [-0.4, -0.2) is 33.9 Å². The zero-order valence-corrected chi connectivity index (χ0v) is 9.56. The SMILES string of the molecule is O=C1C2NNC(=O)N2C=CN1C1CCCCC1. The fourth-order valence-corrected chi connectivity index (χ4v) is 2.74. The van der Waals surface area contributed by atoms with Crippen molar-refractivity contribution in [3.05, 3.63) is 12.4 Å². The number of hydrogen-bond acceptors (Lipinski definition) is 3. The van der Waals surface area contributed by atoms with Crippen LogP contribution < -0.4 is 10.9 Å². The summed E-state index contributed by atoms with van der Waals surface area (Å²) in [5.74, 6) is -0.0437. The van der Waals surface area contributed by atoms with Crippen LogP contribution in [0.3, 0.4) is 0 Å².